The SMILES string of the molecule is CCCNC(c1ccccc1Br)C1CCOC1. The molecule has 0 saturated carbocycles. The van der Waals surface area contributed by atoms with E-state index in [4.69, 9.17) is 4.74 Å². The van der Waals surface area contributed by atoms with Gasteiger partial charge in [0.1, 0.15) is 0 Å². The number of nitrogens with one attached hydrogen (secondary N) is 1. The van der Waals surface area contributed by atoms with Crippen LogP contribution in [0.5, 0.6) is 0 Å². The lowest BCUT2D eigenvalue weighted by Gasteiger charge is -2.25. The molecular weight excluding hydrogens is 278 g/mol. The fourth-order valence-corrected chi connectivity index (χ4v) is 2.90. The van der Waals surface area contributed by atoms with Gasteiger partial charge < -0.3 is 10.1 Å². The summed E-state index contributed by atoms with van der Waals surface area (Å²) in [5, 5.41) is 3.66. The van der Waals surface area contributed by atoms with Gasteiger partial charge in [-0.2, -0.15) is 0 Å². The fourth-order valence-electron chi connectivity index (χ4n) is 2.37. The van der Waals surface area contributed by atoms with Crippen LogP contribution in [0.2, 0.25) is 0 Å². The van der Waals surface area contributed by atoms with Crippen LogP contribution in [0.1, 0.15) is 31.4 Å². The molecule has 0 spiro atoms. The maximum Gasteiger partial charge on any atom is 0.0513 e. The van der Waals surface area contributed by atoms with Gasteiger partial charge in [0.2, 0.25) is 0 Å². The van der Waals surface area contributed by atoms with E-state index >= 15 is 0 Å². The van der Waals surface area contributed by atoms with Crippen molar-refractivity contribution in [2.24, 2.45) is 5.92 Å². The van der Waals surface area contributed by atoms with Crippen LogP contribution < -0.4 is 5.32 Å². The van der Waals surface area contributed by atoms with Crippen LogP contribution in [0.25, 0.3) is 0 Å². The molecule has 2 rings (SSSR count). The van der Waals surface area contributed by atoms with Gasteiger partial charge in [-0.1, -0.05) is 41.1 Å². The molecule has 2 atom stereocenters. The van der Waals surface area contributed by atoms with Crippen LogP contribution in [0, 0.1) is 5.92 Å². The van der Waals surface area contributed by atoms with Crippen molar-refractivity contribution >= 4 is 15.9 Å². The summed E-state index contributed by atoms with van der Waals surface area (Å²) in [5.74, 6) is 0.597. The molecule has 3 heteroatoms. The summed E-state index contributed by atoms with van der Waals surface area (Å²) in [6, 6.07) is 8.90. The second kappa shape index (κ2) is 6.53. The minimum atomic E-state index is 0.410. The Kier molecular flexibility index (Phi) is 5.01. The molecule has 94 valence electrons. The Bertz CT molecular complexity index is 350. The lowest BCUT2D eigenvalue weighted by molar-refractivity contribution is 0.176. The average Bonchev–Trinajstić information content (AvgIpc) is 2.85. The molecule has 17 heavy (non-hydrogen) atoms. The predicted octanol–water partition coefficient (Wildman–Crippen LogP) is 3.53. The molecule has 0 bridgehead atoms. The van der Waals surface area contributed by atoms with Crippen LogP contribution in [0.3, 0.4) is 0 Å². The topological polar surface area (TPSA) is 21.3 Å². The third-order valence-electron chi connectivity index (χ3n) is 3.29. The van der Waals surface area contributed by atoms with E-state index in [1.54, 1.807) is 0 Å². The van der Waals surface area contributed by atoms with Crippen LogP contribution in [0.4, 0.5) is 0 Å². The number of ether oxygens (including phenoxy) is 1. The van der Waals surface area contributed by atoms with Crippen LogP contribution >= 0.6 is 15.9 Å². The molecule has 0 aromatic heterocycles. The molecule has 1 aromatic rings. The molecule has 1 aliphatic heterocycles. The highest BCUT2D eigenvalue weighted by atomic mass is 79.9. The van der Waals surface area contributed by atoms with Gasteiger partial charge >= 0.3 is 0 Å². The van der Waals surface area contributed by atoms with E-state index in [-0.39, 0.29) is 0 Å². The predicted molar refractivity (Wildman–Crippen MR) is 74.1 cm³/mol. The van der Waals surface area contributed by atoms with Gasteiger partial charge in [0.25, 0.3) is 0 Å². The quantitative estimate of drug-likeness (QED) is 0.898. The molecule has 1 heterocycles. The van der Waals surface area contributed by atoms with Gasteiger partial charge in [-0.3, -0.25) is 0 Å². The van der Waals surface area contributed by atoms with Gasteiger partial charge in [0, 0.05) is 23.0 Å². The van der Waals surface area contributed by atoms with Crippen molar-refractivity contribution < 1.29 is 4.74 Å². The second-order valence-corrected chi connectivity index (χ2v) is 5.43. The second-order valence-electron chi connectivity index (χ2n) is 4.58. The van der Waals surface area contributed by atoms with Crippen LogP contribution in [-0.4, -0.2) is 19.8 Å². The summed E-state index contributed by atoms with van der Waals surface area (Å²) in [6.45, 7) is 5.04. The zero-order valence-electron chi connectivity index (χ0n) is 10.3. The third kappa shape index (κ3) is 3.30. The lowest BCUT2D eigenvalue weighted by Crippen LogP contribution is -2.29. The molecule has 1 fully saturated rings. The molecule has 2 nitrogen and oxygen atoms in total. The Morgan fingerprint density at radius 2 is 2.29 bits per heavy atom. The number of halogens is 1. The number of benzene rings is 1. The fraction of sp³-hybridized carbons (Fsp3) is 0.571. The lowest BCUT2D eigenvalue weighted by atomic mass is 9.92. The first kappa shape index (κ1) is 13.1. The highest BCUT2D eigenvalue weighted by Crippen LogP contribution is 2.32. The Hall–Kier alpha value is -0.380. The van der Waals surface area contributed by atoms with Gasteiger partial charge in [-0.05, 0) is 31.0 Å². The van der Waals surface area contributed by atoms with E-state index < -0.39 is 0 Å². The highest BCUT2D eigenvalue weighted by molar-refractivity contribution is 9.10. The standard InChI is InChI=1S/C14H20BrNO/c1-2-8-16-14(11-7-9-17-10-11)12-5-3-4-6-13(12)15/h3-6,11,14,16H,2,7-10H2,1H3. The van der Waals surface area contributed by atoms with Crippen LogP contribution in [0.15, 0.2) is 28.7 Å². The Morgan fingerprint density at radius 1 is 1.47 bits per heavy atom. The van der Waals surface area contributed by atoms with Crippen molar-refractivity contribution in [3.8, 4) is 0 Å². The van der Waals surface area contributed by atoms with Crippen molar-refractivity contribution in [2.45, 2.75) is 25.8 Å². The third-order valence-corrected chi connectivity index (χ3v) is 4.01. The average molecular weight is 298 g/mol. The number of hydrogen-bond donors (Lipinski definition) is 1. The maximum absolute atomic E-state index is 5.52. The number of hydrogen-bond acceptors (Lipinski definition) is 2. The van der Waals surface area contributed by atoms with E-state index in [9.17, 15) is 0 Å². The van der Waals surface area contributed by atoms with Crippen molar-refractivity contribution in [1.82, 2.24) is 5.32 Å². The van der Waals surface area contributed by atoms with Crippen molar-refractivity contribution in [1.29, 1.82) is 0 Å². The van der Waals surface area contributed by atoms with Crippen LogP contribution in [-0.2, 0) is 4.74 Å². The number of rotatable bonds is 5. The molecule has 0 aliphatic carbocycles. The Balaban J connectivity index is 2.16. The zero-order chi connectivity index (χ0) is 12.1. The largest absolute Gasteiger partial charge is 0.381 e. The Morgan fingerprint density at radius 3 is 2.94 bits per heavy atom. The van der Waals surface area contributed by atoms with E-state index in [0.717, 1.165) is 32.6 Å². The summed E-state index contributed by atoms with van der Waals surface area (Å²) < 4.78 is 6.72. The first-order valence-corrected chi connectivity index (χ1v) is 7.17. The molecule has 1 aliphatic rings. The van der Waals surface area contributed by atoms with E-state index in [1.807, 2.05) is 0 Å². The first-order chi connectivity index (χ1) is 8.33. The highest BCUT2D eigenvalue weighted by Gasteiger charge is 2.27. The molecule has 1 N–H and O–H groups in total. The maximum atomic E-state index is 5.52. The summed E-state index contributed by atoms with van der Waals surface area (Å²) in [7, 11) is 0. The smallest absolute Gasteiger partial charge is 0.0513 e. The molecular formula is C14H20BrNO. The minimum absolute atomic E-state index is 0.410. The van der Waals surface area contributed by atoms with Gasteiger partial charge in [0.15, 0.2) is 0 Å². The van der Waals surface area contributed by atoms with Gasteiger partial charge in [-0.15, -0.1) is 0 Å². The molecule has 0 amide bonds. The van der Waals surface area contributed by atoms with Gasteiger partial charge in [-0.25, -0.2) is 0 Å². The van der Waals surface area contributed by atoms with Crippen molar-refractivity contribution in [3.05, 3.63) is 34.3 Å². The van der Waals surface area contributed by atoms with E-state index in [1.165, 1.54) is 10.0 Å². The van der Waals surface area contributed by atoms with Gasteiger partial charge in [0.05, 0.1) is 6.61 Å². The monoisotopic (exact) mass is 297 g/mol. The normalized spacial score (nSPS) is 21.6. The Labute approximate surface area is 112 Å². The van der Waals surface area contributed by atoms with Crippen molar-refractivity contribution in [2.75, 3.05) is 19.8 Å². The van der Waals surface area contributed by atoms with E-state index in [2.05, 4.69) is 52.4 Å². The zero-order valence-corrected chi connectivity index (χ0v) is 11.9. The first-order valence-electron chi connectivity index (χ1n) is 6.38. The summed E-state index contributed by atoms with van der Waals surface area (Å²) in [5.41, 5.74) is 1.36. The molecule has 1 saturated heterocycles. The molecule has 0 radical (unpaired) electrons. The summed E-state index contributed by atoms with van der Waals surface area (Å²) in [4.78, 5) is 0. The minimum Gasteiger partial charge on any atom is -0.381 e. The summed E-state index contributed by atoms with van der Waals surface area (Å²) in [6.07, 6.45) is 2.32. The molecule has 1 aromatic carbocycles. The van der Waals surface area contributed by atoms with E-state index in [0.29, 0.717) is 12.0 Å². The molecule has 2 unspecified atom stereocenters. The summed E-state index contributed by atoms with van der Waals surface area (Å²) >= 11 is 3.66. The van der Waals surface area contributed by atoms with Crippen molar-refractivity contribution in [3.63, 3.8) is 0 Å².